The molecule has 1 fully saturated rings. The van der Waals surface area contributed by atoms with E-state index in [0.29, 0.717) is 11.1 Å². The molecule has 0 spiro atoms. The SMILES string of the molecule is COC(=O)[C@@H]1C[C@@H](O)[C@H](O)[C@@H](n2cc(CC(N)=O)c3ccccc32)O1. The number of aromatic nitrogens is 1. The number of hydrogen-bond acceptors (Lipinski definition) is 6. The molecule has 1 aromatic carbocycles. The summed E-state index contributed by atoms with van der Waals surface area (Å²) in [6.45, 7) is 0. The lowest BCUT2D eigenvalue weighted by atomic mass is 10.0. The standard InChI is InChI=1S/C17H20N2O6/c1-24-17(23)13-7-12(20)15(22)16(25-13)19-8-9(6-14(18)21)10-4-2-3-5-11(10)19/h2-5,8,12-13,15-16,20,22H,6-7H2,1H3,(H2,18,21)/t12-,13+,15+,16+/m1/s1. The van der Waals surface area contributed by atoms with Crippen LogP contribution in [0, 0.1) is 0 Å². The summed E-state index contributed by atoms with van der Waals surface area (Å²) in [6.07, 6.45) is -2.76. The van der Waals surface area contributed by atoms with E-state index in [1.165, 1.54) is 7.11 Å². The lowest BCUT2D eigenvalue weighted by Gasteiger charge is -2.36. The van der Waals surface area contributed by atoms with E-state index in [-0.39, 0.29) is 12.8 Å². The van der Waals surface area contributed by atoms with E-state index in [0.717, 1.165) is 5.39 Å². The number of nitrogens with two attached hydrogens (primary N) is 1. The highest BCUT2D eigenvalue weighted by molar-refractivity contribution is 5.89. The first kappa shape index (κ1) is 17.4. The van der Waals surface area contributed by atoms with Gasteiger partial charge in [-0.3, -0.25) is 4.79 Å². The number of hydrogen-bond donors (Lipinski definition) is 3. The molecule has 0 radical (unpaired) electrons. The summed E-state index contributed by atoms with van der Waals surface area (Å²) in [5.74, 6) is -1.11. The number of carbonyl (C=O) groups is 2. The molecule has 2 heterocycles. The Bertz CT molecular complexity index is 802. The van der Waals surface area contributed by atoms with Gasteiger partial charge in [0, 0.05) is 18.0 Å². The topological polar surface area (TPSA) is 124 Å². The first-order valence-electron chi connectivity index (χ1n) is 7.88. The number of aliphatic hydroxyl groups is 2. The van der Waals surface area contributed by atoms with Gasteiger partial charge in [-0.25, -0.2) is 4.79 Å². The molecule has 134 valence electrons. The maximum absolute atomic E-state index is 11.8. The fourth-order valence-corrected chi connectivity index (χ4v) is 3.18. The van der Waals surface area contributed by atoms with Crippen LogP contribution in [-0.4, -0.2) is 52.1 Å². The molecule has 1 aromatic heterocycles. The summed E-state index contributed by atoms with van der Waals surface area (Å²) < 4.78 is 12.0. The Labute approximate surface area is 143 Å². The molecule has 3 rings (SSSR count). The van der Waals surface area contributed by atoms with Gasteiger partial charge in [0.15, 0.2) is 12.3 Å². The second-order valence-corrected chi connectivity index (χ2v) is 6.05. The highest BCUT2D eigenvalue weighted by Gasteiger charge is 2.41. The monoisotopic (exact) mass is 348 g/mol. The first-order valence-corrected chi connectivity index (χ1v) is 7.88. The molecule has 8 nitrogen and oxygen atoms in total. The Hall–Kier alpha value is -2.42. The summed E-state index contributed by atoms with van der Waals surface area (Å²) in [4.78, 5) is 23.1. The zero-order valence-corrected chi connectivity index (χ0v) is 13.7. The number of amides is 1. The predicted molar refractivity (Wildman–Crippen MR) is 87.4 cm³/mol. The molecule has 0 bridgehead atoms. The van der Waals surface area contributed by atoms with Crippen LogP contribution in [0.4, 0.5) is 0 Å². The zero-order chi connectivity index (χ0) is 18.1. The number of carbonyl (C=O) groups excluding carboxylic acids is 2. The summed E-state index contributed by atoms with van der Waals surface area (Å²) in [6, 6.07) is 7.25. The van der Waals surface area contributed by atoms with Gasteiger partial charge >= 0.3 is 5.97 Å². The van der Waals surface area contributed by atoms with Crippen molar-refractivity contribution >= 4 is 22.8 Å². The van der Waals surface area contributed by atoms with E-state index in [9.17, 15) is 19.8 Å². The van der Waals surface area contributed by atoms with Gasteiger partial charge < -0.3 is 30.0 Å². The average molecular weight is 348 g/mol. The van der Waals surface area contributed by atoms with Gasteiger partial charge in [0.05, 0.1) is 25.2 Å². The quantitative estimate of drug-likeness (QED) is 0.660. The summed E-state index contributed by atoms with van der Waals surface area (Å²) >= 11 is 0. The average Bonchev–Trinajstić information content (AvgIpc) is 2.94. The molecule has 2 aromatic rings. The normalized spacial score (nSPS) is 26.5. The van der Waals surface area contributed by atoms with Gasteiger partial charge in [0.2, 0.25) is 5.91 Å². The van der Waals surface area contributed by atoms with E-state index in [4.69, 9.17) is 10.5 Å². The Morgan fingerprint density at radius 1 is 1.36 bits per heavy atom. The van der Waals surface area contributed by atoms with Crippen LogP contribution in [0.2, 0.25) is 0 Å². The fraction of sp³-hybridized carbons (Fsp3) is 0.412. The maximum atomic E-state index is 11.8. The molecule has 1 aliphatic rings. The van der Waals surface area contributed by atoms with Gasteiger partial charge in [0.25, 0.3) is 0 Å². The van der Waals surface area contributed by atoms with Gasteiger partial charge in [-0.15, -0.1) is 0 Å². The van der Waals surface area contributed by atoms with E-state index in [1.807, 2.05) is 12.1 Å². The Morgan fingerprint density at radius 3 is 2.76 bits per heavy atom. The Balaban J connectivity index is 2.04. The zero-order valence-electron chi connectivity index (χ0n) is 13.7. The number of aliphatic hydroxyl groups excluding tert-OH is 2. The van der Waals surface area contributed by atoms with Crippen LogP contribution < -0.4 is 5.73 Å². The van der Waals surface area contributed by atoms with Crippen molar-refractivity contribution in [1.82, 2.24) is 4.57 Å². The molecule has 1 amide bonds. The number of esters is 1. The number of nitrogens with zero attached hydrogens (tertiary/aromatic N) is 1. The van der Waals surface area contributed by atoms with Crippen LogP contribution in [-0.2, 0) is 25.5 Å². The lowest BCUT2D eigenvalue weighted by Crippen LogP contribution is -2.48. The van der Waals surface area contributed by atoms with Crippen molar-refractivity contribution in [2.24, 2.45) is 5.73 Å². The number of ether oxygens (including phenoxy) is 2. The number of methoxy groups -OCH3 is 1. The van der Waals surface area contributed by atoms with Crippen LogP contribution in [0.3, 0.4) is 0 Å². The molecular weight excluding hydrogens is 328 g/mol. The summed E-state index contributed by atoms with van der Waals surface area (Å²) in [5.41, 5.74) is 6.67. The summed E-state index contributed by atoms with van der Waals surface area (Å²) in [7, 11) is 1.23. The molecule has 1 aliphatic heterocycles. The van der Waals surface area contributed by atoms with Gasteiger partial charge in [-0.1, -0.05) is 18.2 Å². The second kappa shape index (κ2) is 6.83. The van der Waals surface area contributed by atoms with E-state index >= 15 is 0 Å². The number of fused-ring (bicyclic) bond motifs is 1. The van der Waals surface area contributed by atoms with Crippen LogP contribution in [0.25, 0.3) is 10.9 Å². The molecule has 4 atom stereocenters. The predicted octanol–water partition coefficient (Wildman–Crippen LogP) is -0.149. The van der Waals surface area contributed by atoms with Crippen LogP contribution >= 0.6 is 0 Å². The van der Waals surface area contributed by atoms with Gasteiger partial charge in [0.1, 0.15) is 6.10 Å². The number of benzene rings is 1. The van der Waals surface area contributed by atoms with Crippen molar-refractivity contribution in [3.05, 3.63) is 36.0 Å². The van der Waals surface area contributed by atoms with Crippen molar-refractivity contribution in [3.63, 3.8) is 0 Å². The third-order valence-electron chi connectivity index (χ3n) is 4.37. The number of primary amides is 1. The lowest BCUT2D eigenvalue weighted by molar-refractivity contribution is -0.209. The Morgan fingerprint density at radius 2 is 2.08 bits per heavy atom. The van der Waals surface area contributed by atoms with Crippen molar-refractivity contribution in [2.45, 2.75) is 37.4 Å². The minimum absolute atomic E-state index is 0.0271. The summed E-state index contributed by atoms with van der Waals surface area (Å²) in [5, 5.41) is 21.3. The Kier molecular flexibility index (Phi) is 4.76. The molecule has 1 saturated heterocycles. The molecule has 8 heteroatoms. The molecule has 0 aliphatic carbocycles. The maximum Gasteiger partial charge on any atom is 0.335 e. The number of rotatable bonds is 4. The highest BCUT2D eigenvalue weighted by atomic mass is 16.6. The largest absolute Gasteiger partial charge is 0.467 e. The van der Waals surface area contributed by atoms with E-state index < -0.39 is 36.4 Å². The molecule has 25 heavy (non-hydrogen) atoms. The van der Waals surface area contributed by atoms with Crippen LogP contribution in [0.1, 0.15) is 18.2 Å². The van der Waals surface area contributed by atoms with E-state index in [2.05, 4.69) is 4.74 Å². The first-order chi connectivity index (χ1) is 11.9. The van der Waals surface area contributed by atoms with Crippen molar-refractivity contribution in [3.8, 4) is 0 Å². The fourth-order valence-electron chi connectivity index (χ4n) is 3.18. The third-order valence-corrected chi connectivity index (χ3v) is 4.37. The van der Waals surface area contributed by atoms with Gasteiger partial charge in [-0.05, 0) is 11.6 Å². The minimum Gasteiger partial charge on any atom is -0.467 e. The molecular formula is C17H20N2O6. The molecule has 4 N–H and O–H groups in total. The van der Waals surface area contributed by atoms with E-state index in [1.54, 1.807) is 22.9 Å². The minimum atomic E-state index is -1.24. The van der Waals surface area contributed by atoms with Crippen molar-refractivity contribution in [2.75, 3.05) is 7.11 Å². The van der Waals surface area contributed by atoms with Crippen molar-refractivity contribution in [1.29, 1.82) is 0 Å². The number of para-hydroxylation sites is 1. The third kappa shape index (κ3) is 3.23. The molecule has 0 unspecified atom stereocenters. The van der Waals surface area contributed by atoms with Crippen molar-refractivity contribution < 1.29 is 29.3 Å². The smallest absolute Gasteiger partial charge is 0.335 e. The molecule has 0 saturated carbocycles. The van der Waals surface area contributed by atoms with Crippen LogP contribution in [0.15, 0.2) is 30.5 Å². The van der Waals surface area contributed by atoms with Crippen LogP contribution in [0.5, 0.6) is 0 Å². The highest BCUT2D eigenvalue weighted by Crippen LogP contribution is 2.33. The van der Waals surface area contributed by atoms with Gasteiger partial charge in [-0.2, -0.15) is 0 Å². The second-order valence-electron chi connectivity index (χ2n) is 6.05.